The first-order valence-electron chi connectivity index (χ1n) is 10.6. The van der Waals surface area contributed by atoms with Gasteiger partial charge >= 0.3 is 0 Å². The molecule has 2 N–H and O–H groups in total. The summed E-state index contributed by atoms with van der Waals surface area (Å²) in [6.07, 6.45) is 9.97. The van der Waals surface area contributed by atoms with E-state index in [2.05, 4.69) is 5.32 Å². The quantitative estimate of drug-likeness (QED) is 0.741. The van der Waals surface area contributed by atoms with Crippen LogP contribution in [-0.2, 0) is 6.54 Å². The van der Waals surface area contributed by atoms with Gasteiger partial charge in [0.15, 0.2) is 5.11 Å². The van der Waals surface area contributed by atoms with Crippen LogP contribution in [0.1, 0.15) is 63.4 Å². The van der Waals surface area contributed by atoms with Gasteiger partial charge in [0, 0.05) is 17.0 Å². The van der Waals surface area contributed by atoms with Gasteiger partial charge in [0.05, 0.1) is 20.8 Å². The standard InChI is InChI=1S/C22H32N2O3S/c1-26-17-9-10-18(27-2)16(14-17)15-24-20(28)23-21(11-5-3-6-12-21)19-8-4-7-13-22(19,24)25/h9-10,14,19,25H,3-8,11-13,15H2,1-2H3,(H,23,28). The van der Waals surface area contributed by atoms with Gasteiger partial charge in [-0.2, -0.15) is 0 Å². The minimum atomic E-state index is -0.897. The first-order chi connectivity index (χ1) is 13.5. The zero-order chi connectivity index (χ0) is 19.8. The fourth-order valence-electron chi connectivity index (χ4n) is 5.76. The van der Waals surface area contributed by atoms with E-state index in [0.717, 1.165) is 49.2 Å². The van der Waals surface area contributed by atoms with Gasteiger partial charge in [0.25, 0.3) is 0 Å². The molecule has 1 spiro atoms. The van der Waals surface area contributed by atoms with Crippen LogP contribution in [0.3, 0.4) is 0 Å². The maximum absolute atomic E-state index is 12.0. The highest BCUT2D eigenvalue weighted by atomic mass is 32.1. The molecule has 2 saturated carbocycles. The molecule has 4 rings (SSSR count). The van der Waals surface area contributed by atoms with Crippen molar-refractivity contribution in [1.29, 1.82) is 0 Å². The Labute approximate surface area is 173 Å². The highest BCUT2D eigenvalue weighted by Gasteiger charge is 2.58. The van der Waals surface area contributed by atoms with E-state index in [1.807, 2.05) is 23.1 Å². The van der Waals surface area contributed by atoms with Crippen LogP contribution in [0.4, 0.5) is 0 Å². The molecule has 2 unspecified atom stereocenters. The summed E-state index contributed by atoms with van der Waals surface area (Å²) in [5, 5.41) is 16.4. The van der Waals surface area contributed by atoms with Crippen molar-refractivity contribution in [3.05, 3.63) is 23.8 Å². The van der Waals surface area contributed by atoms with E-state index in [4.69, 9.17) is 21.7 Å². The Morgan fingerprint density at radius 2 is 1.86 bits per heavy atom. The summed E-state index contributed by atoms with van der Waals surface area (Å²) in [7, 11) is 3.34. The van der Waals surface area contributed by atoms with Crippen LogP contribution in [0.25, 0.3) is 0 Å². The van der Waals surface area contributed by atoms with E-state index in [-0.39, 0.29) is 11.5 Å². The highest BCUT2D eigenvalue weighted by Crippen LogP contribution is 2.51. The van der Waals surface area contributed by atoms with Crippen molar-refractivity contribution >= 4 is 17.3 Å². The lowest BCUT2D eigenvalue weighted by Gasteiger charge is -2.61. The Hall–Kier alpha value is -1.53. The van der Waals surface area contributed by atoms with Gasteiger partial charge in [-0.25, -0.2) is 0 Å². The molecule has 2 atom stereocenters. The number of rotatable bonds is 4. The van der Waals surface area contributed by atoms with Crippen LogP contribution < -0.4 is 14.8 Å². The summed E-state index contributed by atoms with van der Waals surface area (Å²) >= 11 is 5.84. The van der Waals surface area contributed by atoms with Crippen LogP contribution in [0.2, 0.25) is 0 Å². The number of thiocarbonyl (C=S) groups is 1. The van der Waals surface area contributed by atoms with E-state index in [1.54, 1.807) is 14.2 Å². The molecule has 1 aromatic carbocycles. The second kappa shape index (κ2) is 7.71. The van der Waals surface area contributed by atoms with Crippen molar-refractivity contribution in [2.24, 2.45) is 5.92 Å². The lowest BCUT2D eigenvalue weighted by molar-refractivity contribution is -0.184. The highest BCUT2D eigenvalue weighted by molar-refractivity contribution is 7.80. The predicted molar refractivity (Wildman–Crippen MR) is 114 cm³/mol. The number of ether oxygens (including phenoxy) is 2. The molecule has 1 aromatic rings. The van der Waals surface area contributed by atoms with E-state index in [0.29, 0.717) is 11.7 Å². The maximum Gasteiger partial charge on any atom is 0.171 e. The summed E-state index contributed by atoms with van der Waals surface area (Å²) in [4.78, 5) is 2.02. The van der Waals surface area contributed by atoms with Gasteiger partial charge in [-0.1, -0.05) is 25.7 Å². The monoisotopic (exact) mass is 404 g/mol. The van der Waals surface area contributed by atoms with Crippen LogP contribution >= 0.6 is 12.2 Å². The van der Waals surface area contributed by atoms with Gasteiger partial charge in [-0.15, -0.1) is 0 Å². The smallest absolute Gasteiger partial charge is 0.171 e. The third-order valence-corrected chi connectivity index (χ3v) is 7.47. The molecule has 5 nitrogen and oxygen atoms in total. The summed E-state index contributed by atoms with van der Waals surface area (Å²) in [5.41, 5.74) is 0.0363. The molecule has 0 aromatic heterocycles. The number of hydrogen-bond acceptors (Lipinski definition) is 4. The van der Waals surface area contributed by atoms with E-state index < -0.39 is 5.72 Å². The fourth-order valence-corrected chi connectivity index (χ4v) is 6.19. The number of benzene rings is 1. The number of methoxy groups -OCH3 is 2. The summed E-state index contributed by atoms with van der Waals surface area (Å²) in [5.74, 6) is 1.78. The lowest BCUT2D eigenvalue weighted by Crippen LogP contribution is -2.75. The molecule has 6 heteroatoms. The van der Waals surface area contributed by atoms with Gasteiger partial charge in [-0.05, 0) is 62.5 Å². The number of fused-ring (bicyclic) bond motifs is 2. The van der Waals surface area contributed by atoms with Crippen molar-refractivity contribution in [3.8, 4) is 11.5 Å². The SMILES string of the molecule is COc1ccc(OC)c(CN2C(=S)NC3(CCCCC3)C3CCCCC32O)c1. The topological polar surface area (TPSA) is 54.0 Å². The molecular weight excluding hydrogens is 372 g/mol. The van der Waals surface area contributed by atoms with Gasteiger partial charge in [0.1, 0.15) is 17.2 Å². The molecule has 0 radical (unpaired) electrons. The van der Waals surface area contributed by atoms with E-state index >= 15 is 0 Å². The summed E-state index contributed by atoms with van der Waals surface area (Å²) < 4.78 is 11.0. The number of nitrogens with zero attached hydrogens (tertiary/aromatic N) is 1. The molecule has 28 heavy (non-hydrogen) atoms. The molecule has 154 valence electrons. The molecular formula is C22H32N2O3S. The predicted octanol–water partition coefficient (Wildman–Crippen LogP) is 3.98. The lowest BCUT2D eigenvalue weighted by atomic mass is 9.62. The summed E-state index contributed by atoms with van der Waals surface area (Å²) in [6, 6.07) is 5.79. The molecule has 1 heterocycles. The Morgan fingerprint density at radius 3 is 2.57 bits per heavy atom. The molecule has 3 fully saturated rings. The minimum absolute atomic E-state index is 0.0422. The van der Waals surface area contributed by atoms with Gasteiger partial charge in [0.2, 0.25) is 0 Å². The van der Waals surface area contributed by atoms with Gasteiger partial charge in [-0.3, -0.25) is 0 Å². The van der Waals surface area contributed by atoms with Crippen molar-refractivity contribution < 1.29 is 14.6 Å². The van der Waals surface area contributed by atoms with Crippen molar-refractivity contribution in [1.82, 2.24) is 10.2 Å². The molecule has 1 aliphatic heterocycles. The van der Waals surface area contributed by atoms with E-state index in [9.17, 15) is 5.11 Å². The number of hydrogen-bond donors (Lipinski definition) is 2. The maximum atomic E-state index is 12.0. The third-order valence-electron chi connectivity index (χ3n) is 7.14. The average Bonchev–Trinajstić information content (AvgIpc) is 2.71. The van der Waals surface area contributed by atoms with Crippen LogP contribution in [0, 0.1) is 5.92 Å². The Balaban J connectivity index is 1.69. The van der Waals surface area contributed by atoms with Crippen molar-refractivity contribution in [2.75, 3.05) is 14.2 Å². The Kier molecular flexibility index (Phi) is 5.45. The molecule has 1 saturated heterocycles. The largest absolute Gasteiger partial charge is 0.497 e. The molecule has 0 bridgehead atoms. The number of aliphatic hydroxyl groups is 1. The van der Waals surface area contributed by atoms with E-state index in [1.165, 1.54) is 25.7 Å². The first-order valence-corrected chi connectivity index (χ1v) is 11.0. The number of nitrogens with one attached hydrogen (secondary N) is 1. The average molecular weight is 405 g/mol. The normalized spacial score (nSPS) is 29.2. The molecule has 3 aliphatic rings. The Morgan fingerprint density at radius 1 is 1.11 bits per heavy atom. The first kappa shape index (κ1) is 19.8. The second-order valence-electron chi connectivity index (χ2n) is 8.59. The third kappa shape index (κ3) is 3.24. The van der Waals surface area contributed by atoms with Crippen molar-refractivity contribution in [3.63, 3.8) is 0 Å². The van der Waals surface area contributed by atoms with Crippen LogP contribution in [0.5, 0.6) is 11.5 Å². The Bertz CT molecular complexity index is 734. The van der Waals surface area contributed by atoms with Crippen LogP contribution in [-0.4, -0.2) is 40.6 Å². The summed E-state index contributed by atoms with van der Waals surface area (Å²) in [6.45, 7) is 0.509. The van der Waals surface area contributed by atoms with Crippen molar-refractivity contribution in [2.45, 2.75) is 75.6 Å². The zero-order valence-corrected chi connectivity index (χ0v) is 17.8. The molecule has 2 aliphatic carbocycles. The molecule has 0 amide bonds. The van der Waals surface area contributed by atoms with Gasteiger partial charge < -0.3 is 24.8 Å². The fraction of sp³-hybridized carbons (Fsp3) is 0.682. The zero-order valence-electron chi connectivity index (χ0n) is 17.0. The second-order valence-corrected chi connectivity index (χ2v) is 8.97. The minimum Gasteiger partial charge on any atom is -0.497 e. The van der Waals surface area contributed by atoms with Crippen LogP contribution in [0.15, 0.2) is 18.2 Å².